The summed E-state index contributed by atoms with van der Waals surface area (Å²) in [6.45, 7) is 5.04. The Kier molecular flexibility index (Phi) is 7.31. The zero-order valence-electron chi connectivity index (χ0n) is 21.1. The Bertz CT molecular complexity index is 1340. The number of anilines is 2. The molecule has 1 aliphatic heterocycles. The van der Waals surface area contributed by atoms with E-state index in [1.807, 2.05) is 95.9 Å². The lowest BCUT2D eigenvalue weighted by molar-refractivity contribution is 0.0746. The van der Waals surface area contributed by atoms with Gasteiger partial charge in [0, 0.05) is 48.7 Å². The number of piperazine rings is 1. The molecule has 0 unspecified atom stereocenters. The monoisotopic (exact) mass is 489 g/mol. The summed E-state index contributed by atoms with van der Waals surface area (Å²) in [4.78, 5) is 29.8. The lowest BCUT2D eigenvalue weighted by Gasteiger charge is -2.36. The van der Waals surface area contributed by atoms with E-state index in [1.165, 1.54) is 5.56 Å². The molecule has 1 heterocycles. The molecule has 5 rings (SSSR count). The van der Waals surface area contributed by atoms with E-state index < -0.39 is 0 Å². The molecule has 0 aromatic heterocycles. The molecule has 0 saturated carbocycles. The number of aryl methyl sites for hydroxylation is 1. The van der Waals surface area contributed by atoms with Gasteiger partial charge in [-0.3, -0.25) is 9.59 Å². The summed E-state index contributed by atoms with van der Waals surface area (Å²) in [7, 11) is 0. The van der Waals surface area contributed by atoms with E-state index in [2.05, 4.69) is 29.3 Å². The first-order chi connectivity index (χ1) is 18.1. The maximum Gasteiger partial charge on any atom is 0.255 e. The first kappa shape index (κ1) is 24.3. The fourth-order valence-electron chi connectivity index (χ4n) is 4.64. The van der Waals surface area contributed by atoms with Crippen LogP contribution in [0.1, 0.15) is 33.2 Å². The second-order valence-electron chi connectivity index (χ2n) is 9.27. The van der Waals surface area contributed by atoms with Crippen molar-refractivity contribution in [3.05, 3.63) is 120 Å². The lowest BCUT2D eigenvalue weighted by Crippen LogP contribution is -2.48. The molecule has 0 atom stereocenters. The molecular formula is C32H31N3O2. The number of carbonyl (C=O) groups is 2. The number of hydrogen-bond acceptors (Lipinski definition) is 3. The van der Waals surface area contributed by atoms with Crippen molar-refractivity contribution in [2.45, 2.75) is 13.3 Å². The molecular weight excluding hydrogens is 458 g/mol. The van der Waals surface area contributed by atoms with Crippen LogP contribution in [-0.2, 0) is 6.42 Å². The van der Waals surface area contributed by atoms with Crippen molar-refractivity contribution in [3.63, 3.8) is 0 Å². The van der Waals surface area contributed by atoms with Crippen molar-refractivity contribution < 1.29 is 9.59 Å². The Morgan fingerprint density at radius 2 is 1.27 bits per heavy atom. The molecule has 37 heavy (non-hydrogen) atoms. The molecule has 0 bridgehead atoms. The molecule has 2 amide bonds. The lowest BCUT2D eigenvalue weighted by atomic mass is 10.0. The van der Waals surface area contributed by atoms with Gasteiger partial charge in [0.1, 0.15) is 0 Å². The fourth-order valence-corrected chi connectivity index (χ4v) is 4.64. The largest absolute Gasteiger partial charge is 0.368 e. The summed E-state index contributed by atoms with van der Waals surface area (Å²) >= 11 is 0. The van der Waals surface area contributed by atoms with Gasteiger partial charge in [0.25, 0.3) is 11.8 Å². The number of nitrogens with one attached hydrogen (secondary N) is 1. The van der Waals surface area contributed by atoms with Gasteiger partial charge in [-0.25, -0.2) is 0 Å². The highest BCUT2D eigenvalue weighted by atomic mass is 16.2. The second-order valence-corrected chi connectivity index (χ2v) is 9.27. The maximum atomic E-state index is 12.9. The molecule has 0 spiro atoms. The molecule has 1 aliphatic rings. The molecule has 186 valence electrons. The number of nitrogens with zero attached hydrogens (tertiary/aromatic N) is 2. The zero-order chi connectivity index (χ0) is 25.6. The van der Waals surface area contributed by atoms with Crippen LogP contribution < -0.4 is 10.2 Å². The smallest absolute Gasteiger partial charge is 0.255 e. The Morgan fingerprint density at radius 1 is 0.676 bits per heavy atom. The number of carbonyl (C=O) groups excluding carboxylic acids is 2. The van der Waals surface area contributed by atoms with E-state index in [9.17, 15) is 9.59 Å². The first-order valence-electron chi connectivity index (χ1n) is 12.8. The van der Waals surface area contributed by atoms with Crippen LogP contribution >= 0.6 is 0 Å². The van der Waals surface area contributed by atoms with Crippen molar-refractivity contribution in [2.24, 2.45) is 0 Å². The van der Waals surface area contributed by atoms with Crippen molar-refractivity contribution in [3.8, 4) is 11.1 Å². The standard InChI is InChI=1S/C32H31N3O2/c1-2-24-8-10-28(11-9-24)32(37)35-22-20-34(21-23-35)30-18-16-29(17-19-30)33-31(36)27-14-12-26(13-15-27)25-6-4-3-5-7-25/h3-19H,2,20-23H2,1H3,(H,33,36). The highest BCUT2D eigenvalue weighted by Crippen LogP contribution is 2.22. The summed E-state index contributed by atoms with van der Waals surface area (Å²) in [5.74, 6) is -0.0383. The Morgan fingerprint density at radius 3 is 1.89 bits per heavy atom. The third-order valence-corrected chi connectivity index (χ3v) is 6.92. The minimum atomic E-state index is -0.133. The quantitative estimate of drug-likeness (QED) is 0.354. The summed E-state index contributed by atoms with van der Waals surface area (Å²) in [6.07, 6.45) is 0.970. The summed E-state index contributed by atoms with van der Waals surface area (Å²) in [5, 5.41) is 2.99. The fraction of sp³-hybridized carbons (Fsp3) is 0.188. The van der Waals surface area contributed by atoms with Crippen LogP contribution in [0.15, 0.2) is 103 Å². The van der Waals surface area contributed by atoms with Gasteiger partial charge in [0.2, 0.25) is 0 Å². The SMILES string of the molecule is CCc1ccc(C(=O)N2CCN(c3ccc(NC(=O)c4ccc(-c5ccccc5)cc4)cc3)CC2)cc1. The molecule has 0 aliphatic carbocycles. The zero-order valence-corrected chi connectivity index (χ0v) is 21.1. The van der Waals surface area contributed by atoms with Crippen LogP contribution in [0.25, 0.3) is 11.1 Å². The van der Waals surface area contributed by atoms with E-state index in [-0.39, 0.29) is 11.8 Å². The predicted molar refractivity (Wildman–Crippen MR) is 150 cm³/mol. The second kappa shape index (κ2) is 11.1. The van der Waals surface area contributed by atoms with Crippen LogP contribution in [-0.4, -0.2) is 42.9 Å². The topological polar surface area (TPSA) is 52.7 Å². The van der Waals surface area contributed by atoms with Gasteiger partial charge >= 0.3 is 0 Å². The summed E-state index contributed by atoms with van der Waals surface area (Å²) in [6, 6.07) is 33.6. The number of rotatable bonds is 6. The molecule has 4 aromatic carbocycles. The number of hydrogen-bond donors (Lipinski definition) is 1. The van der Waals surface area contributed by atoms with Gasteiger partial charge in [-0.05, 0) is 71.6 Å². The van der Waals surface area contributed by atoms with Crippen molar-refractivity contribution >= 4 is 23.2 Å². The van der Waals surface area contributed by atoms with Crippen LogP contribution in [0.4, 0.5) is 11.4 Å². The molecule has 1 N–H and O–H groups in total. The average Bonchev–Trinajstić information content (AvgIpc) is 2.98. The van der Waals surface area contributed by atoms with Gasteiger partial charge in [0.05, 0.1) is 0 Å². The third kappa shape index (κ3) is 5.72. The van der Waals surface area contributed by atoms with E-state index in [0.29, 0.717) is 18.7 Å². The number of amides is 2. The summed E-state index contributed by atoms with van der Waals surface area (Å²) in [5.41, 5.74) is 6.66. The van der Waals surface area contributed by atoms with Crippen LogP contribution in [0.5, 0.6) is 0 Å². The van der Waals surface area contributed by atoms with E-state index >= 15 is 0 Å². The van der Waals surface area contributed by atoms with Crippen molar-refractivity contribution in [1.82, 2.24) is 4.90 Å². The van der Waals surface area contributed by atoms with Gasteiger partial charge in [0.15, 0.2) is 0 Å². The minimum absolute atomic E-state index is 0.0946. The van der Waals surface area contributed by atoms with E-state index in [4.69, 9.17) is 0 Å². The minimum Gasteiger partial charge on any atom is -0.368 e. The molecule has 5 heteroatoms. The Hall–Kier alpha value is -4.38. The van der Waals surface area contributed by atoms with Crippen LogP contribution in [0.2, 0.25) is 0 Å². The Balaban J connectivity index is 1.15. The van der Waals surface area contributed by atoms with Gasteiger partial charge < -0.3 is 15.1 Å². The Labute approximate surface area is 218 Å². The first-order valence-corrected chi connectivity index (χ1v) is 12.8. The molecule has 1 fully saturated rings. The molecule has 4 aromatic rings. The normalized spacial score (nSPS) is 13.3. The van der Waals surface area contributed by atoms with Gasteiger partial charge in [-0.1, -0.05) is 61.5 Å². The van der Waals surface area contributed by atoms with Crippen LogP contribution in [0.3, 0.4) is 0 Å². The van der Waals surface area contributed by atoms with Crippen molar-refractivity contribution in [1.29, 1.82) is 0 Å². The number of benzene rings is 4. The molecule has 0 radical (unpaired) electrons. The van der Waals surface area contributed by atoms with Gasteiger partial charge in [-0.2, -0.15) is 0 Å². The third-order valence-electron chi connectivity index (χ3n) is 6.92. The highest BCUT2D eigenvalue weighted by molar-refractivity contribution is 6.04. The molecule has 5 nitrogen and oxygen atoms in total. The average molecular weight is 490 g/mol. The predicted octanol–water partition coefficient (Wildman–Crippen LogP) is 6.13. The molecule has 1 saturated heterocycles. The van der Waals surface area contributed by atoms with Crippen molar-refractivity contribution in [2.75, 3.05) is 36.4 Å². The van der Waals surface area contributed by atoms with Gasteiger partial charge in [-0.15, -0.1) is 0 Å². The van der Waals surface area contributed by atoms with E-state index in [0.717, 1.165) is 47.6 Å². The van der Waals surface area contributed by atoms with Crippen LogP contribution in [0, 0.1) is 0 Å². The van der Waals surface area contributed by atoms with E-state index in [1.54, 1.807) is 0 Å². The maximum absolute atomic E-state index is 12.9. The highest BCUT2D eigenvalue weighted by Gasteiger charge is 2.22. The summed E-state index contributed by atoms with van der Waals surface area (Å²) < 4.78 is 0.